The summed E-state index contributed by atoms with van der Waals surface area (Å²) in [6.45, 7) is 2.06. The molecule has 3 heterocycles. The van der Waals surface area contributed by atoms with E-state index in [9.17, 15) is 0 Å². The molecule has 4 aromatic carbocycles. The van der Waals surface area contributed by atoms with E-state index < -0.39 is 0 Å². The molecule has 0 spiro atoms. The van der Waals surface area contributed by atoms with Crippen molar-refractivity contribution in [1.82, 2.24) is 9.78 Å². The Labute approximate surface area is 240 Å². The number of nitrogens with zero attached hydrogens (tertiary/aromatic N) is 5. The van der Waals surface area contributed by atoms with Crippen molar-refractivity contribution in [2.75, 3.05) is 17.3 Å². The Balaban J connectivity index is 1.47. The minimum absolute atomic E-state index is 0.169. The number of aryl methyl sites for hydroxylation is 1. The second kappa shape index (κ2) is 9.81. The van der Waals surface area contributed by atoms with E-state index in [0.717, 1.165) is 61.4 Å². The Morgan fingerprint density at radius 3 is 2.30 bits per heavy atom. The molecular formula is C32H25BrN6O. The monoisotopic (exact) mass is 588 g/mol. The van der Waals surface area contributed by atoms with Crippen molar-refractivity contribution < 1.29 is 4.74 Å². The molecule has 7 nitrogen and oxygen atoms in total. The molecule has 0 aliphatic carbocycles. The van der Waals surface area contributed by atoms with E-state index >= 15 is 0 Å². The third-order valence-corrected chi connectivity index (χ3v) is 7.71. The van der Waals surface area contributed by atoms with Gasteiger partial charge in [0.15, 0.2) is 17.5 Å². The number of ether oxygens (including phenoxy) is 1. The van der Waals surface area contributed by atoms with Crippen LogP contribution < -0.4 is 15.0 Å². The van der Waals surface area contributed by atoms with Crippen LogP contribution in [0.4, 0.5) is 22.9 Å². The van der Waals surface area contributed by atoms with Crippen LogP contribution in [0, 0.1) is 6.92 Å². The zero-order valence-corrected chi connectivity index (χ0v) is 23.5. The second-order valence-electron chi connectivity index (χ2n) is 9.63. The van der Waals surface area contributed by atoms with Crippen LogP contribution in [-0.4, -0.2) is 28.6 Å². The van der Waals surface area contributed by atoms with E-state index in [4.69, 9.17) is 19.8 Å². The number of halogens is 1. The van der Waals surface area contributed by atoms with Gasteiger partial charge in [-0.15, -0.1) is 0 Å². The fourth-order valence-electron chi connectivity index (χ4n) is 5.32. The highest BCUT2D eigenvalue weighted by Gasteiger charge is 2.41. The molecule has 2 aliphatic rings. The summed E-state index contributed by atoms with van der Waals surface area (Å²) in [5.41, 5.74) is 6.84. The van der Waals surface area contributed by atoms with Crippen molar-refractivity contribution in [3.8, 4) is 11.4 Å². The lowest BCUT2D eigenvalue weighted by atomic mass is 9.93. The molecule has 0 fully saturated rings. The molecule has 1 unspecified atom stereocenters. The number of benzene rings is 4. The fraction of sp³-hybridized carbons (Fsp3) is 0.0938. The molecule has 8 heteroatoms. The van der Waals surface area contributed by atoms with E-state index in [1.54, 1.807) is 7.11 Å². The molecule has 0 radical (unpaired) electrons. The SMILES string of the molecule is COc1ccc(NC2=Nc3ccccc3N3C2=Nc2c(c(C)nn2-c2ccccc2)C3c2ccc(Br)cc2)cc1. The predicted octanol–water partition coefficient (Wildman–Crippen LogP) is 7.75. The van der Waals surface area contributed by atoms with Crippen molar-refractivity contribution in [2.24, 2.45) is 9.98 Å². The van der Waals surface area contributed by atoms with Gasteiger partial charge < -0.3 is 15.0 Å². The summed E-state index contributed by atoms with van der Waals surface area (Å²) in [5.74, 6) is 2.98. The Morgan fingerprint density at radius 2 is 1.55 bits per heavy atom. The average molecular weight is 589 g/mol. The normalized spacial score (nSPS) is 15.4. The van der Waals surface area contributed by atoms with Crippen LogP contribution >= 0.6 is 15.9 Å². The van der Waals surface area contributed by atoms with E-state index in [2.05, 4.69) is 75.5 Å². The zero-order valence-electron chi connectivity index (χ0n) is 21.9. The van der Waals surface area contributed by atoms with Gasteiger partial charge in [-0.2, -0.15) is 5.10 Å². The van der Waals surface area contributed by atoms with E-state index in [1.165, 1.54) is 0 Å². The van der Waals surface area contributed by atoms with Crippen LogP contribution in [0.3, 0.4) is 0 Å². The quantitative estimate of drug-likeness (QED) is 0.233. The van der Waals surface area contributed by atoms with Gasteiger partial charge in [0.05, 0.1) is 35.9 Å². The summed E-state index contributed by atoms with van der Waals surface area (Å²) in [6.07, 6.45) is 0. The summed E-state index contributed by atoms with van der Waals surface area (Å²) in [7, 11) is 1.66. The summed E-state index contributed by atoms with van der Waals surface area (Å²) < 4.78 is 8.32. The van der Waals surface area contributed by atoms with Gasteiger partial charge >= 0.3 is 0 Å². The first-order valence-electron chi connectivity index (χ1n) is 13.0. The number of rotatable bonds is 4. The zero-order chi connectivity index (χ0) is 27.2. The average Bonchev–Trinajstić information content (AvgIpc) is 3.33. The maximum Gasteiger partial charge on any atom is 0.179 e. The molecule has 1 atom stereocenters. The number of methoxy groups -OCH3 is 1. The number of amidine groups is 2. The molecular weight excluding hydrogens is 564 g/mol. The molecule has 1 N–H and O–H groups in total. The number of aliphatic imine (C=N–C) groups is 2. The molecule has 0 saturated carbocycles. The number of anilines is 2. The first-order valence-corrected chi connectivity index (χ1v) is 13.8. The lowest BCUT2D eigenvalue weighted by Crippen LogP contribution is -2.46. The maximum absolute atomic E-state index is 5.36. The molecule has 0 saturated heterocycles. The molecule has 0 amide bonds. The summed E-state index contributed by atoms with van der Waals surface area (Å²) in [6, 6.07) is 34.5. The third-order valence-electron chi connectivity index (χ3n) is 7.18. The number of aromatic nitrogens is 2. The molecule has 0 bridgehead atoms. The molecule has 196 valence electrons. The van der Waals surface area contributed by atoms with Crippen LogP contribution in [0.15, 0.2) is 118 Å². The van der Waals surface area contributed by atoms with Gasteiger partial charge in [0.25, 0.3) is 0 Å². The minimum Gasteiger partial charge on any atom is -0.497 e. The fourth-order valence-corrected chi connectivity index (χ4v) is 5.58. The summed E-state index contributed by atoms with van der Waals surface area (Å²) >= 11 is 3.61. The molecule has 40 heavy (non-hydrogen) atoms. The Morgan fingerprint density at radius 1 is 0.825 bits per heavy atom. The van der Waals surface area contributed by atoms with Crippen LogP contribution in [0.5, 0.6) is 5.75 Å². The van der Waals surface area contributed by atoms with Gasteiger partial charge in [0.2, 0.25) is 0 Å². The van der Waals surface area contributed by atoms with E-state index in [-0.39, 0.29) is 6.04 Å². The second-order valence-corrected chi connectivity index (χ2v) is 10.5. The third kappa shape index (κ3) is 4.08. The summed E-state index contributed by atoms with van der Waals surface area (Å²) in [5, 5.41) is 8.53. The topological polar surface area (TPSA) is 67.0 Å². The van der Waals surface area contributed by atoms with Gasteiger partial charge in [-0.3, -0.25) is 0 Å². The molecule has 5 aromatic rings. The van der Waals surface area contributed by atoms with Gasteiger partial charge in [-0.1, -0.05) is 58.4 Å². The Bertz CT molecular complexity index is 1780. The molecule has 1 aromatic heterocycles. The van der Waals surface area contributed by atoms with Crippen molar-refractivity contribution in [2.45, 2.75) is 13.0 Å². The number of fused-ring (bicyclic) bond motifs is 4. The van der Waals surface area contributed by atoms with Gasteiger partial charge in [-0.05, 0) is 73.2 Å². The molecule has 2 aliphatic heterocycles. The van der Waals surface area contributed by atoms with E-state index in [0.29, 0.717) is 5.84 Å². The van der Waals surface area contributed by atoms with Gasteiger partial charge in [0, 0.05) is 15.7 Å². The van der Waals surface area contributed by atoms with E-state index in [1.807, 2.05) is 65.3 Å². The largest absolute Gasteiger partial charge is 0.497 e. The Hall–Kier alpha value is -4.69. The van der Waals surface area contributed by atoms with Crippen molar-refractivity contribution in [3.05, 3.63) is 124 Å². The predicted molar refractivity (Wildman–Crippen MR) is 164 cm³/mol. The highest BCUT2D eigenvalue weighted by Crippen LogP contribution is 2.48. The van der Waals surface area contributed by atoms with Crippen molar-refractivity contribution in [1.29, 1.82) is 0 Å². The number of hydrogen-bond donors (Lipinski definition) is 1. The standard InChI is InChI=1S/C32H25BrN6O/c1-20-28-29(21-12-14-22(33)15-13-21)38-27-11-7-6-10-26(27)35-30(34-23-16-18-25(40-2)19-17-23)32(38)36-31(28)39(37-20)24-8-4-3-5-9-24/h3-19,29H,1-2H3,(H,34,35). The van der Waals surface area contributed by atoms with Crippen molar-refractivity contribution >= 4 is 50.5 Å². The maximum atomic E-state index is 5.36. The minimum atomic E-state index is -0.169. The first-order chi connectivity index (χ1) is 19.6. The first kappa shape index (κ1) is 24.4. The van der Waals surface area contributed by atoms with Crippen molar-refractivity contribution in [3.63, 3.8) is 0 Å². The van der Waals surface area contributed by atoms with Crippen LogP contribution in [0.2, 0.25) is 0 Å². The van der Waals surface area contributed by atoms with Crippen LogP contribution in [0.1, 0.15) is 22.9 Å². The number of para-hydroxylation sites is 3. The van der Waals surface area contributed by atoms with Gasteiger partial charge in [-0.25, -0.2) is 14.7 Å². The lowest BCUT2D eigenvalue weighted by molar-refractivity contribution is 0.415. The molecule has 7 rings (SSSR count). The van der Waals surface area contributed by atoms with Gasteiger partial charge in [0.1, 0.15) is 5.75 Å². The highest BCUT2D eigenvalue weighted by atomic mass is 79.9. The van der Waals surface area contributed by atoms with Crippen LogP contribution in [-0.2, 0) is 0 Å². The smallest absolute Gasteiger partial charge is 0.179 e. The number of hydrogen-bond acceptors (Lipinski definition) is 6. The Kier molecular flexibility index (Phi) is 5.97. The van der Waals surface area contributed by atoms with Crippen LogP contribution in [0.25, 0.3) is 5.69 Å². The number of nitrogens with one attached hydrogen (secondary N) is 1. The lowest BCUT2D eigenvalue weighted by Gasteiger charge is -2.40. The highest BCUT2D eigenvalue weighted by molar-refractivity contribution is 9.10. The summed E-state index contributed by atoms with van der Waals surface area (Å²) in [4.78, 5) is 12.6.